The molecule has 1 fully saturated rings. The summed E-state index contributed by atoms with van der Waals surface area (Å²) in [5.74, 6) is 0.289. The van der Waals surface area contributed by atoms with Crippen LogP contribution in [0.5, 0.6) is 5.06 Å². The minimum atomic E-state index is -3.37. The van der Waals surface area contributed by atoms with Crippen molar-refractivity contribution < 1.29 is 17.9 Å². The summed E-state index contributed by atoms with van der Waals surface area (Å²) in [5, 5.41) is 0.658. The summed E-state index contributed by atoms with van der Waals surface area (Å²) >= 11 is 1.27. The Morgan fingerprint density at radius 1 is 1.34 bits per heavy atom. The summed E-state index contributed by atoms with van der Waals surface area (Å²) in [6.45, 7) is 0.915. The summed E-state index contributed by atoms with van der Waals surface area (Å²) < 4.78 is 30.3. The van der Waals surface area contributed by atoms with Crippen LogP contribution in [0, 0.1) is 0 Å². The molecule has 0 radical (unpaired) electrons. The maximum absolute atomic E-state index is 13.0. The summed E-state index contributed by atoms with van der Waals surface area (Å²) in [6, 6.07) is 3.14. The maximum atomic E-state index is 13.0. The van der Waals surface area contributed by atoms with E-state index in [1.54, 1.807) is 24.1 Å². The number of methoxy groups -OCH3 is 1. The van der Waals surface area contributed by atoms with Gasteiger partial charge in [0.2, 0.25) is 10.0 Å². The molecule has 1 amide bonds. The minimum Gasteiger partial charge on any atom is -0.487 e. The molecule has 0 bridgehead atoms. The summed E-state index contributed by atoms with van der Waals surface area (Å²) in [6.07, 6.45) is 2.97. The van der Waals surface area contributed by atoms with Crippen LogP contribution in [-0.4, -0.2) is 60.0 Å². The van der Waals surface area contributed by atoms with Gasteiger partial charge in [-0.3, -0.25) is 9.59 Å². The van der Waals surface area contributed by atoms with Crippen molar-refractivity contribution in [3.63, 3.8) is 0 Å². The van der Waals surface area contributed by atoms with E-state index in [0.717, 1.165) is 12.7 Å². The monoisotopic (exact) mass is 438 g/mol. The smallest absolute Gasteiger partial charge is 0.264 e. The first-order valence-electron chi connectivity index (χ1n) is 9.30. The number of nitrogens with zero attached hydrogens (tertiary/aromatic N) is 3. The minimum absolute atomic E-state index is 0.0773. The number of amides is 1. The Morgan fingerprint density at radius 2 is 2.14 bits per heavy atom. The second-order valence-corrected chi connectivity index (χ2v) is 10.2. The van der Waals surface area contributed by atoms with Crippen LogP contribution in [0.15, 0.2) is 16.9 Å². The normalized spacial score (nSPS) is 19.9. The molecular formula is C18H22N4O5S2. The molecule has 0 spiro atoms. The van der Waals surface area contributed by atoms with Gasteiger partial charge in [0.05, 0.1) is 36.5 Å². The number of H-pyrrole nitrogens is 1. The van der Waals surface area contributed by atoms with Gasteiger partial charge in [-0.25, -0.2) is 13.4 Å². The number of sulfonamides is 1. The molecule has 0 saturated carbocycles. The standard InChI is InChI=1S/C18H22N4O5S2/c1-27-15-6-5-14(28-15)18(24)22-8-3-4-13(22)16-19-12-10-21(29(2,25)26)9-7-11(12)17(23)20-16/h5-6,13H,3-4,7-10H2,1-2H3,(H,19,20,23). The van der Waals surface area contributed by atoms with Gasteiger partial charge in [0.25, 0.3) is 11.5 Å². The van der Waals surface area contributed by atoms with Crippen LogP contribution >= 0.6 is 11.3 Å². The highest BCUT2D eigenvalue weighted by atomic mass is 32.2. The van der Waals surface area contributed by atoms with Crippen LogP contribution in [0.1, 0.15) is 45.6 Å². The van der Waals surface area contributed by atoms with Gasteiger partial charge in [0, 0.05) is 18.7 Å². The predicted molar refractivity (Wildman–Crippen MR) is 108 cm³/mol. The maximum Gasteiger partial charge on any atom is 0.264 e. The largest absolute Gasteiger partial charge is 0.487 e. The first-order chi connectivity index (χ1) is 13.8. The summed E-state index contributed by atoms with van der Waals surface area (Å²) in [7, 11) is -1.81. The van der Waals surface area contributed by atoms with Crippen LogP contribution in [0.2, 0.25) is 0 Å². The number of thiophene rings is 1. The van der Waals surface area contributed by atoms with Gasteiger partial charge in [0.15, 0.2) is 5.06 Å². The Kier molecular flexibility index (Phi) is 5.21. The molecule has 2 aromatic rings. The highest BCUT2D eigenvalue weighted by molar-refractivity contribution is 7.88. The topological polar surface area (TPSA) is 113 Å². The number of nitrogens with one attached hydrogen (secondary N) is 1. The molecule has 29 heavy (non-hydrogen) atoms. The molecule has 1 atom stereocenters. The molecule has 4 rings (SSSR count). The molecule has 2 aromatic heterocycles. The molecule has 1 N–H and O–H groups in total. The molecule has 4 heterocycles. The summed E-state index contributed by atoms with van der Waals surface area (Å²) in [4.78, 5) is 35.3. The zero-order valence-corrected chi connectivity index (χ0v) is 17.8. The third kappa shape index (κ3) is 3.81. The first kappa shape index (κ1) is 20.0. The van der Waals surface area contributed by atoms with Crippen molar-refractivity contribution in [2.24, 2.45) is 0 Å². The van der Waals surface area contributed by atoms with E-state index in [1.807, 2.05) is 0 Å². The van der Waals surface area contributed by atoms with Crippen molar-refractivity contribution in [1.82, 2.24) is 19.2 Å². The molecule has 2 aliphatic heterocycles. The highest BCUT2D eigenvalue weighted by Crippen LogP contribution is 2.34. The highest BCUT2D eigenvalue weighted by Gasteiger charge is 2.34. The molecule has 0 aromatic carbocycles. The number of likely N-dealkylation sites (tertiary alicyclic amines) is 1. The van der Waals surface area contributed by atoms with Crippen molar-refractivity contribution in [3.8, 4) is 5.06 Å². The number of carbonyl (C=O) groups is 1. The van der Waals surface area contributed by atoms with E-state index in [9.17, 15) is 18.0 Å². The van der Waals surface area contributed by atoms with E-state index in [2.05, 4.69) is 9.97 Å². The fraction of sp³-hybridized carbons (Fsp3) is 0.500. The van der Waals surface area contributed by atoms with Gasteiger partial charge < -0.3 is 14.6 Å². The lowest BCUT2D eigenvalue weighted by Gasteiger charge is -2.28. The molecule has 11 heteroatoms. The predicted octanol–water partition coefficient (Wildman–Crippen LogP) is 1.14. The molecule has 0 aliphatic carbocycles. The number of aromatic amines is 1. The van der Waals surface area contributed by atoms with E-state index < -0.39 is 10.0 Å². The molecule has 156 valence electrons. The third-order valence-corrected chi connectivity index (χ3v) is 7.63. The van der Waals surface area contributed by atoms with Crippen LogP contribution in [0.25, 0.3) is 0 Å². The zero-order chi connectivity index (χ0) is 20.8. The SMILES string of the molecule is COc1ccc(C(=O)N2CCCC2c2nc3c(c(=O)[nH]2)CCN(S(C)(=O)=O)C3)s1. The molecule has 1 unspecified atom stereocenters. The lowest BCUT2D eigenvalue weighted by atomic mass is 10.1. The van der Waals surface area contributed by atoms with Gasteiger partial charge >= 0.3 is 0 Å². The van der Waals surface area contributed by atoms with Gasteiger partial charge in [-0.15, -0.1) is 0 Å². The Hall–Kier alpha value is -2.24. The number of carbonyl (C=O) groups excluding carboxylic acids is 1. The fourth-order valence-electron chi connectivity index (χ4n) is 3.86. The third-order valence-electron chi connectivity index (χ3n) is 5.35. The van der Waals surface area contributed by atoms with Crippen LogP contribution in [-0.2, 0) is 23.0 Å². The Morgan fingerprint density at radius 3 is 2.83 bits per heavy atom. The van der Waals surface area contributed by atoms with E-state index >= 15 is 0 Å². The number of rotatable bonds is 4. The van der Waals surface area contributed by atoms with Gasteiger partial charge in [-0.05, 0) is 31.4 Å². The van der Waals surface area contributed by atoms with E-state index in [0.29, 0.717) is 46.4 Å². The van der Waals surface area contributed by atoms with Crippen molar-refractivity contribution in [3.05, 3.63) is 44.4 Å². The zero-order valence-electron chi connectivity index (χ0n) is 16.2. The van der Waals surface area contributed by atoms with Gasteiger partial charge in [-0.1, -0.05) is 11.3 Å². The van der Waals surface area contributed by atoms with Crippen molar-refractivity contribution in [2.75, 3.05) is 26.5 Å². The number of hydrogen-bond acceptors (Lipinski definition) is 7. The number of hydrogen-bond donors (Lipinski definition) is 1. The van der Waals surface area contributed by atoms with E-state index in [4.69, 9.17) is 4.74 Å². The van der Waals surface area contributed by atoms with E-state index in [-0.39, 0.29) is 30.6 Å². The van der Waals surface area contributed by atoms with Crippen LogP contribution in [0.4, 0.5) is 0 Å². The Balaban J connectivity index is 1.65. The fourth-order valence-corrected chi connectivity index (χ4v) is 5.41. The number of fused-ring (bicyclic) bond motifs is 1. The van der Waals surface area contributed by atoms with Crippen LogP contribution < -0.4 is 10.3 Å². The van der Waals surface area contributed by atoms with E-state index in [1.165, 1.54) is 15.6 Å². The first-order valence-corrected chi connectivity index (χ1v) is 12.0. The quantitative estimate of drug-likeness (QED) is 0.766. The average molecular weight is 439 g/mol. The number of ether oxygens (including phenoxy) is 1. The second-order valence-electron chi connectivity index (χ2n) is 7.20. The molecule has 1 saturated heterocycles. The van der Waals surface area contributed by atoms with Gasteiger partial charge in [-0.2, -0.15) is 4.31 Å². The lowest BCUT2D eigenvalue weighted by Crippen LogP contribution is -2.39. The van der Waals surface area contributed by atoms with Crippen molar-refractivity contribution in [2.45, 2.75) is 31.8 Å². The Bertz CT molecular complexity index is 1110. The summed E-state index contributed by atoms with van der Waals surface area (Å²) in [5.41, 5.74) is 0.736. The average Bonchev–Trinajstić information content (AvgIpc) is 3.35. The Labute approximate surface area is 172 Å². The lowest BCUT2D eigenvalue weighted by molar-refractivity contribution is 0.0734. The molecule has 9 nitrogen and oxygen atoms in total. The number of aromatic nitrogens is 2. The molecular weight excluding hydrogens is 416 g/mol. The van der Waals surface area contributed by atoms with Gasteiger partial charge in [0.1, 0.15) is 5.82 Å². The van der Waals surface area contributed by atoms with Crippen LogP contribution in [0.3, 0.4) is 0 Å². The van der Waals surface area contributed by atoms with Crippen molar-refractivity contribution in [1.29, 1.82) is 0 Å². The second kappa shape index (κ2) is 7.54. The molecule has 2 aliphatic rings. The van der Waals surface area contributed by atoms with Crippen molar-refractivity contribution >= 4 is 27.3 Å².